The van der Waals surface area contributed by atoms with Gasteiger partial charge in [-0.3, -0.25) is 0 Å². The molecule has 0 bridgehead atoms. The molecular weight excluding hydrogens is 194 g/mol. The molecule has 84 valence electrons. The van der Waals surface area contributed by atoms with Gasteiger partial charge in [-0.15, -0.1) is 0 Å². The molecule has 1 unspecified atom stereocenters. The van der Waals surface area contributed by atoms with Crippen LogP contribution >= 0.6 is 0 Å². The van der Waals surface area contributed by atoms with Crippen LogP contribution in [0.2, 0.25) is 0 Å². The minimum atomic E-state index is -0.559. The van der Waals surface area contributed by atoms with Crippen LogP contribution < -0.4 is 10.5 Å². The topological polar surface area (TPSA) is 75.7 Å². The number of nitrogens with two attached hydrogens (primary N) is 1. The second-order valence-electron chi connectivity index (χ2n) is 3.44. The minimum absolute atomic E-state index is 0.195. The van der Waals surface area contributed by atoms with Gasteiger partial charge < -0.3 is 20.7 Å². The van der Waals surface area contributed by atoms with E-state index in [1.54, 1.807) is 25.1 Å². The summed E-state index contributed by atoms with van der Waals surface area (Å²) in [6.45, 7) is 2.39. The van der Waals surface area contributed by atoms with E-state index in [1.807, 2.05) is 0 Å². The van der Waals surface area contributed by atoms with Gasteiger partial charge in [0.05, 0.1) is 6.10 Å². The lowest BCUT2D eigenvalue weighted by atomic mass is 10.2. The average molecular weight is 211 g/mol. The van der Waals surface area contributed by atoms with Crippen LogP contribution in [0, 0.1) is 6.92 Å². The van der Waals surface area contributed by atoms with E-state index < -0.39 is 6.10 Å². The van der Waals surface area contributed by atoms with Gasteiger partial charge >= 0.3 is 0 Å². The van der Waals surface area contributed by atoms with Gasteiger partial charge in [0, 0.05) is 5.56 Å². The number of phenolic OH excluding ortho intramolecular Hbond substituents is 1. The SMILES string of the molecule is Cc1c(O)cccc1OCC(O)CCN. The number of rotatable bonds is 5. The molecular formula is C11H17NO3. The Balaban J connectivity index is 2.54. The summed E-state index contributed by atoms with van der Waals surface area (Å²) >= 11 is 0. The van der Waals surface area contributed by atoms with Gasteiger partial charge in [0.15, 0.2) is 0 Å². The maximum absolute atomic E-state index is 9.41. The molecule has 0 aliphatic rings. The first-order valence-electron chi connectivity index (χ1n) is 4.94. The molecule has 1 atom stereocenters. The number of hydrogen-bond acceptors (Lipinski definition) is 4. The fourth-order valence-electron chi connectivity index (χ4n) is 1.22. The fraction of sp³-hybridized carbons (Fsp3) is 0.455. The van der Waals surface area contributed by atoms with Crippen molar-refractivity contribution >= 4 is 0 Å². The standard InChI is InChI=1S/C11H17NO3/c1-8-10(14)3-2-4-11(8)15-7-9(13)5-6-12/h2-4,9,13-14H,5-7,12H2,1H3. The molecule has 0 aliphatic heterocycles. The highest BCUT2D eigenvalue weighted by atomic mass is 16.5. The highest BCUT2D eigenvalue weighted by molar-refractivity contribution is 5.42. The van der Waals surface area contributed by atoms with Crippen LogP contribution in [0.4, 0.5) is 0 Å². The Morgan fingerprint density at radius 3 is 2.87 bits per heavy atom. The summed E-state index contributed by atoms with van der Waals surface area (Å²) < 4.78 is 5.37. The largest absolute Gasteiger partial charge is 0.508 e. The molecule has 15 heavy (non-hydrogen) atoms. The molecule has 1 rings (SSSR count). The van der Waals surface area contributed by atoms with Gasteiger partial charge in [0.1, 0.15) is 18.1 Å². The van der Waals surface area contributed by atoms with Crippen molar-refractivity contribution in [2.75, 3.05) is 13.2 Å². The quantitative estimate of drug-likeness (QED) is 0.673. The van der Waals surface area contributed by atoms with Crippen molar-refractivity contribution in [1.29, 1.82) is 0 Å². The number of hydrogen-bond donors (Lipinski definition) is 3. The van der Waals surface area contributed by atoms with E-state index >= 15 is 0 Å². The first kappa shape index (κ1) is 11.8. The Hall–Kier alpha value is -1.26. The van der Waals surface area contributed by atoms with Crippen molar-refractivity contribution in [1.82, 2.24) is 0 Å². The van der Waals surface area contributed by atoms with Crippen LogP contribution in [0.1, 0.15) is 12.0 Å². The average Bonchev–Trinajstić information content (AvgIpc) is 2.21. The van der Waals surface area contributed by atoms with Crippen molar-refractivity contribution < 1.29 is 14.9 Å². The third-order valence-electron chi connectivity index (χ3n) is 2.19. The van der Waals surface area contributed by atoms with Crippen LogP contribution in [0.25, 0.3) is 0 Å². The Kier molecular flexibility index (Phi) is 4.39. The fourth-order valence-corrected chi connectivity index (χ4v) is 1.22. The number of aliphatic hydroxyl groups is 1. The second kappa shape index (κ2) is 5.58. The molecule has 0 saturated heterocycles. The molecule has 0 saturated carbocycles. The zero-order valence-electron chi connectivity index (χ0n) is 8.81. The lowest BCUT2D eigenvalue weighted by Crippen LogP contribution is -2.21. The maximum Gasteiger partial charge on any atom is 0.126 e. The van der Waals surface area contributed by atoms with Crippen LogP contribution in [0.5, 0.6) is 11.5 Å². The highest BCUT2D eigenvalue weighted by Gasteiger charge is 2.07. The number of ether oxygens (including phenoxy) is 1. The maximum atomic E-state index is 9.41. The van der Waals surface area contributed by atoms with E-state index in [0.29, 0.717) is 24.3 Å². The summed E-state index contributed by atoms with van der Waals surface area (Å²) in [5.74, 6) is 0.784. The third kappa shape index (κ3) is 3.42. The molecule has 0 aliphatic carbocycles. The van der Waals surface area contributed by atoms with Crippen LogP contribution in [0.15, 0.2) is 18.2 Å². The number of phenols is 1. The van der Waals surface area contributed by atoms with Crippen molar-refractivity contribution in [3.63, 3.8) is 0 Å². The summed E-state index contributed by atoms with van der Waals surface area (Å²) in [5, 5.41) is 18.8. The van der Waals surface area contributed by atoms with E-state index in [0.717, 1.165) is 0 Å². The lowest BCUT2D eigenvalue weighted by molar-refractivity contribution is 0.101. The Morgan fingerprint density at radius 1 is 1.47 bits per heavy atom. The van der Waals surface area contributed by atoms with Crippen LogP contribution in [-0.2, 0) is 0 Å². The van der Waals surface area contributed by atoms with Crippen molar-refractivity contribution in [3.8, 4) is 11.5 Å². The predicted molar refractivity (Wildman–Crippen MR) is 58.0 cm³/mol. The van der Waals surface area contributed by atoms with Gasteiger partial charge in [-0.1, -0.05) is 6.07 Å². The van der Waals surface area contributed by atoms with Gasteiger partial charge in [-0.05, 0) is 32.0 Å². The number of aromatic hydroxyl groups is 1. The Morgan fingerprint density at radius 2 is 2.20 bits per heavy atom. The predicted octanol–water partition coefficient (Wildman–Crippen LogP) is 0.789. The molecule has 4 nitrogen and oxygen atoms in total. The van der Waals surface area contributed by atoms with Crippen molar-refractivity contribution in [3.05, 3.63) is 23.8 Å². The number of benzene rings is 1. The Bertz CT molecular complexity index is 315. The molecule has 0 aromatic heterocycles. The number of aliphatic hydroxyl groups excluding tert-OH is 1. The molecule has 0 amide bonds. The normalized spacial score (nSPS) is 12.5. The summed E-state index contributed by atoms with van der Waals surface area (Å²) in [4.78, 5) is 0. The molecule has 1 aromatic carbocycles. The van der Waals surface area contributed by atoms with Crippen molar-refractivity contribution in [2.45, 2.75) is 19.4 Å². The van der Waals surface area contributed by atoms with Gasteiger partial charge in [0.25, 0.3) is 0 Å². The monoisotopic (exact) mass is 211 g/mol. The first-order chi connectivity index (χ1) is 7.15. The van der Waals surface area contributed by atoms with Gasteiger partial charge in [-0.2, -0.15) is 0 Å². The summed E-state index contributed by atoms with van der Waals surface area (Å²) in [6, 6.07) is 5.05. The zero-order valence-corrected chi connectivity index (χ0v) is 8.81. The molecule has 0 fully saturated rings. The van der Waals surface area contributed by atoms with E-state index in [1.165, 1.54) is 0 Å². The minimum Gasteiger partial charge on any atom is -0.508 e. The summed E-state index contributed by atoms with van der Waals surface area (Å²) in [6.07, 6.45) is -0.0468. The summed E-state index contributed by atoms with van der Waals surface area (Å²) in [7, 11) is 0. The van der Waals surface area contributed by atoms with E-state index in [9.17, 15) is 10.2 Å². The van der Waals surface area contributed by atoms with Crippen molar-refractivity contribution in [2.24, 2.45) is 5.73 Å². The van der Waals surface area contributed by atoms with E-state index in [-0.39, 0.29) is 12.4 Å². The summed E-state index contributed by atoms with van der Waals surface area (Å²) in [5.41, 5.74) is 5.98. The smallest absolute Gasteiger partial charge is 0.126 e. The molecule has 0 spiro atoms. The van der Waals surface area contributed by atoms with Crippen LogP contribution in [-0.4, -0.2) is 29.5 Å². The van der Waals surface area contributed by atoms with Gasteiger partial charge in [-0.25, -0.2) is 0 Å². The molecule has 1 aromatic rings. The molecule has 4 heteroatoms. The Labute approximate surface area is 89.3 Å². The van der Waals surface area contributed by atoms with Gasteiger partial charge in [0.2, 0.25) is 0 Å². The zero-order chi connectivity index (χ0) is 11.3. The van der Waals surface area contributed by atoms with Crippen LogP contribution in [0.3, 0.4) is 0 Å². The lowest BCUT2D eigenvalue weighted by Gasteiger charge is -2.13. The molecule has 4 N–H and O–H groups in total. The first-order valence-corrected chi connectivity index (χ1v) is 4.94. The molecule has 0 heterocycles. The highest BCUT2D eigenvalue weighted by Crippen LogP contribution is 2.25. The second-order valence-corrected chi connectivity index (χ2v) is 3.44. The van der Waals surface area contributed by atoms with E-state index in [4.69, 9.17) is 10.5 Å². The molecule has 0 radical (unpaired) electrons. The third-order valence-corrected chi connectivity index (χ3v) is 2.19. The van der Waals surface area contributed by atoms with E-state index in [2.05, 4.69) is 0 Å².